The van der Waals surface area contributed by atoms with Gasteiger partial charge in [0.1, 0.15) is 0 Å². The Morgan fingerprint density at radius 3 is 2.23 bits per heavy atom. The normalized spacial score (nSPS) is 11.3. The number of amides is 1. The van der Waals surface area contributed by atoms with Crippen LogP contribution in [0.2, 0.25) is 0 Å². The summed E-state index contributed by atoms with van der Waals surface area (Å²) in [6.45, 7) is 11.3. The fraction of sp³-hybridized carbons (Fsp3) is 0.360. The van der Waals surface area contributed by atoms with Gasteiger partial charge in [-0.05, 0) is 49.9 Å². The van der Waals surface area contributed by atoms with Gasteiger partial charge in [0.25, 0.3) is 5.91 Å². The Labute approximate surface area is 179 Å². The Morgan fingerprint density at radius 2 is 1.63 bits per heavy atom. The molecule has 3 aromatic rings. The first-order chi connectivity index (χ1) is 14.3. The second-order valence-corrected chi connectivity index (χ2v) is 8.20. The van der Waals surface area contributed by atoms with Gasteiger partial charge in [0.2, 0.25) is 0 Å². The summed E-state index contributed by atoms with van der Waals surface area (Å²) in [5.41, 5.74) is 5.86. The molecule has 1 N–H and O–H groups in total. The molecule has 0 aliphatic carbocycles. The van der Waals surface area contributed by atoms with Crippen LogP contribution in [0.1, 0.15) is 66.4 Å². The summed E-state index contributed by atoms with van der Waals surface area (Å²) < 4.78 is 7.49. The van der Waals surface area contributed by atoms with E-state index in [0.717, 1.165) is 22.5 Å². The topological polar surface area (TPSA) is 56.2 Å². The van der Waals surface area contributed by atoms with Gasteiger partial charge in [-0.2, -0.15) is 5.10 Å². The van der Waals surface area contributed by atoms with Crippen LogP contribution in [-0.2, 0) is 17.9 Å². The summed E-state index contributed by atoms with van der Waals surface area (Å²) in [4.78, 5) is 12.9. The van der Waals surface area contributed by atoms with Crippen molar-refractivity contribution in [3.05, 3.63) is 82.7 Å². The maximum Gasteiger partial charge on any atom is 0.255 e. The third-order valence-corrected chi connectivity index (χ3v) is 4.94. The monoisotopic (exact) mass is 405 g/mol. The molecule has 1 aromatic heterocycles. The number of aryl methyl sites for hydroxylation is 1. The zero-order valence-electron chi connectivity index (χ0n) is 18.5. The van der Waals surface area contributed by atoms with Crippen molar-refractivity contribution in [3.8, 4) is 5.69 Å². The van der Waals surface area contributed by atoms with E-state index >= 15 is 0 Å². The Bertz CT molecular complexity index is 971. The second-order valence-electron chi connectivity index (χ2n) is 8.20. The van der Waals surface area contributed by atoms with Crippen molar-refractivity contribution >= 4 is 5.91 Å². The van der Waals surface area contributed by atoms with Crippen molar-refractivity contribution in [1.82, 2.24) is 15.1 Å². The van der Waals surface area contributed by atoms with E-state index in [-0.39, 0.29) is 17.9 Å². The lowest BCUT2D eigenvalue weighted by molar-refractivity contribution is 0.0657. The number of hydrogen-bond donors (Lipinski definition) is 1. The van der Waals surface area contributed by atoms with Crippen molar-refractivity contribution in [3.63, 3.8) is 0 Å². The largest absolute Gasteiger partial charge is 0.374 e. The molecule has 0 aliphatic rings. The SMILES string of the molecule is Cc1ccc(-n2ncc(C(=O)NCc3ccc(COC(C)C)cc3)c2C(C)C)cc1. The van der Waals surface area contributed by atoms with Gasteiger partial charge < -0.3 is 10.1 Å². The number of nitrogens with one attached hydrogen (secondary N) is 1. The van der Waals surface area contributed by atoms with E-state index in [0.29, 0.717) is 18.7 Å². The van der Waals surface area contributed by atoms with Crippen LogP contribution >= 0.6 is 0 Å². The lowest BCUT2D eigenvalue weighted by atomic mass is 10.0. The minimum Gasteiger partial charge on any atom is -0.374 e. The van der Waals surface area contributed by atoms with E-state index in [1.165, 1.54) is 5.56 Å². The van der Waals surface area contributed by atoms with Crippen LogP contribution in [0.5, 0.6) is 0 Å². The van der Waals surface area contributed by atoms with Gasteiger partial charge >= 0.3 is 0 Å². The molecule has 0 bridgehead atoms. The summed E-state index contributed by atoms with van der Waals surface area (Å²) in [6, 6.07) is 16.3. The van der Waals surface area contributed by atoms with Gasteiger partial charge in [-0.25, -0.2) is 4.68 Å². The van der Waals surface area contributed by atoms with Crippen molar-refractivity contribution in [2.45, 2.75) is 59.8 Å². The summed E-state index contributed by atoms with van der Waals surface area (Å²) in [5.74, 6) is 0.0547. The van der Waals surface area contributed by atoms with Crippen LogP contribution in [0.25, 0.3) is 5.69 Å². The summed E-state index contributed by atoms with van der Waals surface area (Å²) in [7, 11) is 0. The fourth-order valence-corrected chi connectivity index (χ4v) is 3.27. The molecule has 0 atom stereocenters. The van der Waals surface area contributed by atoms with Crippen molar-refractivity contribution in [2.75, 3.05) is 0 Å². The Hall–Kier alpha value is -2.92. The molecule has 0 saturated carbocycles. The Morgan fingerprint density at radius 1 is 1.00 bits per heavy atom. The Balaban J connectivity index is 1.70. The molecule has 3 rings (SSSR count). The van der Waals surface area contributed by atoms with E-state index in [2.05, 4.69) is 43.3 Å². The lowest BCUT2D eigenvalue weighted by Gasteiger charge is -2.13. The van der Waals surface area contributed by atoms with Crippen molar-refractivity contribution in [2.24, 2.45) is 0 Å². The van der Waals surface area contributed by atoms with Crippen LogP contribution in [0, 0.1) is 6.92 Å². The van der Waals surface area contributed by atoms with Gasteiger partial charge in [-0.15, -0.1) is 0 Å². The average molecular weight is 406 g/mol. The van der Waals surface area contributed by atoms with Gasteiger partial charge in [0, 0.05) is 6.54 Å². The molecule has 2 aromatic carbocycles. The molecule has 0 radical (unpaired) electrons. The molecule has 0 aliphatic heterocycles. The second kappa shape index (κ2) is 9.72. The van der Waals surface area contributed by atoms with Crippen LogP contribution in [0.15, 0.2) is 54.7 Å². The smallest absolute Gasteiger partial charge is 0.255 e. The van der Waals surface area contributed by atoms with Gasteiger partial charge in [0.05, 0.1) is 35.9 Å². The number of benzene rings is 2. The zero-order chi connectivity index (χ0) is 21.7. The molecule has 1 heterocycles. The number of carbonyl (C=O) groups is 1. The quantitative estimate of drug-likeness (QED) is 0.563. The summed E-state index contributed by atoms with van der Waals surface area (Å²) in [6.07, 6.45) is 1.87. The number of hydrogen-bond acceptors (Lipinski definition) is 3. The molecule has 0 saturated heterocycles. The first-order valence-electron chi connectivity index (χ1n) is 10.5. The number of rotatable bonds is 8. The first-order valence-corrected chi connectivity index (χ1v) is 10.5. The van der Waals surface area contributed by atoms with Gasteiger partial charge in [0.15, 0.2) is 0 Å². The molecule has 0 unspecified atom stereocenters. The molecule has 5 nitrogen and oxygen atoms in total. The highest BCUT2D eigenvalue weighted by atomic mass is 16.5. The number of nitrogens with zero attached hydrogens (tertiary/aromatic N) is 2. The molecule has 0 spiro atoms. The van der Waals surface area contributed by atoms with Gasteiger partial charge in [-0.3, -0.25) is 4.79 Å². The predicted molar refractivity (Wildman–Crippen MR) is 120 cm³/mol. The van der Waals surface area contributed by atoms with E-state index < -0.39 is 0 Å². The molecule has 158 valence electrons. The standard InChI is InChI=1S/C25H31N3O2/c1-17(2)24-23(15-27-28(24)22-12-6-19(5)7-13-22)25(29)26-14-20-8-10-21(11-9-20)16-30-18(3)4/h6-13,15,17-18H,14,16H2,1-5H3,(H,26,29). The maximum absolute atomic E-state index is 12.9. The maximum atomic E-state index is 12.9. The highest BCUT2D eigenvalue weighted by Gasteiger charge is 2.20. The molecule has 5 heteroatoms. The highest BCUT2D eigenvalue weighted by molar-refractivity contribution is 5.95. The third-order valence-electron chi connectivity index (χ3n) is 4.94. The molecule has 0 fully saturated rings. The van der Waals surface area contributed by atoms with Crippen LogP contribution in [-0.4, -0.2) is 21.8 Å². The van der Waals surface area contributed by atoms with E-state index in [1.807, 2.05) is 54.9 Å². The van der Waals surface area contributed by atoms with Crippen molar-refractivity contribution < 1.29 is 9.53 Å². The average Bonchev–Trinajstić information content (AvgIpc) is 3.17. The summed E-state index contributed by atoms with van der Waals surface area (Å²) in [5, 5.41) is 7.53. The zero-order valence-corrected chi connectivity index (χ0v) is 18.5. The van der Waals surface area contributed by atoms with Crippen LogP contribution in [0.4, 0.5) is 0 Å². The first kappa shape index (κ1) is 21.8. The van der Waals surface area contributed by atoms with Crippen molar-refractivity contribution in [1.29, 1.82) is 0 Å². The molecule has 30 heavy (non-hydrogen) atoms. The highest BCUT2D eigenvalue weighted by Crippen LogP contribution is 2.23. The third kappa shape index (κ3) is 5.36. The van der Waals surface area contributed by atoms with Gasteiger partial charge in [-0.1, -0.05) is 55.8 Å². The fourth-order valence-electron chi connectivity index (χ4n) is 3.27. The van der Waals surface area contributed by atoms with Crippen LogP contribution in [0.3, 0.4) is 0 Å². The van der Waals surface area contributed by atoms with E-state index in [9.17, 15) is 4.79 Å². The Kier molecular flexibility index (Phi) is 7.06. The lowest BCUT2D eigenvalue weighted by Crippen LogP contribution is -2.24. The minimum absolute atomic E-state index is 0.107. The van der Waals surface area contributed by atoms with E-state index in [1.54, 1.807) is 6.20 Å². The van der Waals surface area contributed by atoms with E-state index in [4.69, 9.17) is 4.74 Å². The number of aromatic nitrogens is 2. The molecular formula is C25H31N3O2. The molecule has 1 amide bonds. The number of ether oxygens (including phenoxy) is 1. The minimum atomic E-state index is -0.107. The summed E-state index contributed by atoms with van der Waals surface area (Å²) >= 11 is 0. The van der Waals surface area contributed by atoms with Crippen LogP contribution < -0.4 is 5.32 Å². The molecular weight excluding hydrogens is 374 g/mol. The predicted octanol–water partition coefficient (Wildman–Crippen LogP) is 5.16. The number of carbonyl (C=O) groups excluding carboxylic acids is 1.